The summed E-state index contributed by atoms with van der Waals surface area (Å²) in [6.45, 7) is 42.1. The third kappa shape index (κ3) is 9.99. The van der Waals surface area contributed by atoms with Gasteiger partial charge in [-0.25, -0.2) is 0 Å². The van der Waals surface area contributed by atoms with Crippen LogP contribution in [0, 0.1) is 0 Å². The number of anilines is 2. The van der Waals surface area contributed by atoms with Crippen molar-refractivity contribution in [1.29, 1.82) is 0 Å². The van der Waals surface area contributed by atoms with Crippen molar-refractivity contribution < 1.29 is 0 Å². The van der Waals surface area contributed by atoms with Crippen LogP contribution in [-0.4, -0.2) is 7.05 Å². The molecule has 0 amide bonds. The summed E-state index contributed by atoms with van der Waals surface area (Å²) in [6, 6.07) is 25.5. The maximum Gasteiger partial charge on any atom is 0.0462 e. The number of allylic oxidation sites excluding steroid dienone is 22. The van der Waals surface area contributed by atoms with Crippen LogP contribution in [0.5, 0.6) is 0 Å². The number of rotatable bonds is 12. The monoisotopic (exact) mass is 963 g/mol. The van der Waals surface area contributed by atoms with E-state index >= 15 is 0 Å². The number of nitrogens with one attached hydrogen (secondary N) is 2. The van der Waals surface area contributed by atoms with E-state index < -0.39 is 0 Å². The molecule has 0 fully saturated rings. The van der Waals surface area contributed by atoms with Crippen molar-refractivity contribution in [2.75, 3.05) is 17.7 Å². The molecule has 6 aliphatic rings. The number of benzene rings is 4. The maximum atomic E-state index is 3.89. The highest BCUT2D eigenvalue weighted by atomic mass is 14.9. The number of fused-ring (bicyclic) bond motifs is 2. The van der Waals surface area contributed by atoms with Gasteiger partial charge in [-0.15, -0.1) is 0 Å². The lowest BCUT2D eigenvalue weighted by Crippen LogP contribution is -2.35. The standard InChI is InChI=1S/C53H57N.C18H25N/c1-13-15-16-17-21-34(3)39(28-26-36-27-29-41-40(20-14-2)35(4)50(5,6)45(41)30-36)37-31-46-48-42-23-18-22-38(51(46,7)8)33-54-49-43(52(42,9)10)24-19-25-44(49)53(11,12)47(48)32-37;1-7-9-16(14(5)8-2)17-11-10-15(19-6)12-18(17)13(3)4/h13-33,54H,1H2,2-12H3;7-13,19H,2H2,1,3-6H3/b16-15-,20-14-,21-17-,22-18-,28-26-,38-33-,39-34-,42-23+;9-7-,16-14+. The average molecular weight is 963 g/mol. The Kier molecular flexibility index (Phi) is 15.7. The van der Waals surface area contributed by atoms with E-state index in [2.05, 4.69) is 267 Å². The van der Waals surface area contributed by atoms with Crippen molar-refractivity contribution in [3.05, 3.63) is 255 Å². The molecule has 73 heavy (non-hydrogen) atoms. The molecule has 0 unspecified atom stereocenters. The van der Waals surface area contributed by atoms with E-state index in [1.165, 1.54) is 111 Å². The highest BCUT2D eigenvalue weighted by molar-refractivity contribution is 5.92. The molecule has 376 valence electrons. The van der Waals surface area contributed by atoms with E-state index in [1.807, 2.05) is 32.2 Å². The number of para-hydroxylation sites is 1. The van der Waals surface area contributed by atoms with E-state index in [0.717, 1.165) is 5.69 Å². The molecule has 3 heterocycles. The van der Waals surface area contributed by atoms with Crippen LogP contribution in [0.4, 0.5) is 11.4 Å². The van der Waals surface area contributed by atoms with E-state index in [-0.39, 0.29) is 21.7 Å². The van der Waals surface area contributed by atoms with Crippen LogP contribution in [0.2, 0.25) is 0 Å². The summed E-state index contributed by atoms with van der Waals surface area (Å²) in [5.41, 5.74) is 26.5. The van der Waals surface area contributed by atoms with Crippen molar-refractivity contribution in [3.8, 4) is 0 Å². The molecular weight excluding hydrogens is 881 g/mol. The van der Waals surface area contributed by atoms with Gasteiger partial charge in [-0.2, -0.15) is 0 Å². The highest BCUT2D eigenvalue weighted by Gasteiger charge is 2.44. The molecule has 0 aromatic heterocycles. The Balaban J connectivity index is 0.000000347. The van der Waals surface area contributed by atoms with E-state index in [0.29, 0.717) is 5.92 Å². The minimum absolute atomic E-state index is 0.0235. The Hall–Kier alpha value is -6.90. The zero-order valence-corrected chi connectivity index (χ0v) is 47.1. The fourth-order valence-electron chi connectivity index (χ4n) is 11.5. The summed E-state index contributed by atoms with van der Waals surface area (Å²) in [5, 5.41) is 7.10. The lowest BCUT2D eigenvalue weighted by Gasteiger charge is -2.45. The van der Waals surface area contributed by atoms with Crippen LogP contribution in [0.15, 0.2) is 193 Å². The molecule has 4 aromatic carbocycles. The Morgan fingerprint density at radius 1 is 0.671 bits per heavy atom. The second-order valence-electron chi connectivity index (χ2n) is 22.6. The lowest BCUT2D eigenvalue weighted by atomic mass is 9.59. The zero-order valence-electron chi connectivity index (χ0n) is 47.1. The SMILES string of the molecule is C=C/C(C)=C(\C=C/C)c1ccc(NC)cc1C(C)C.C=C\C=C/C=C\C(C)=C(\C=C/c1ccc2c(c1)C(C)(C)C(C)=C2/C=C\C)c1cc2c3c(c1)C(C)(C)c1cccc4c1N/C=C(/C=C\C=C/3C4(C)C)C2(C)C. The van der Waals surface area contributed by atoms with Gasteiger partial charge in [0.15, 0.2) is 0 Å². The minimum atomic E-state index is -0.287. The molecule has 0 saturated heterocycles. The topological polar surface area (TPSA) is 24.1 Å². The quantitative estimate of drug-likeness (QED) is 0.138. The fraction of sp³-hybridized carbons (Fsp3) is 0.296. The molecule has 10 rings (SSSR count). The Morgan fingerprint density at radius 2 is 1.37 bits per heavy atom. The van der Waals surface area contributed by atoms with Gasteiger partial charge in [0.1, 0.15) is 0 Å². The van der Waals surface area contributed by atoms with Gasteiger partial charge < -0.3 is 10.6 Å². The van der Waals surface area contributed by atoms with Gasteiger partial charge in [-0.1, -0.05) is 222 Å². The molecule has 0 radical (unpaired) electrons. The zero-order chi connectivity index (χ0) is 53.2. The van der Waals surface area contributed by atoms with Gasteiger partial charge in [-0.05, 0) is 165 Å². The van der Waals surface area contributed by atoms with Gasteiger partial charge >= 0.3 is 0 Å². The van der Waals surface area contributed by atoms with E-state index in [4.69, 9.17) is 0 Å². The maximum absolute atomic E-state index is 3.89. The first-order chi connectivity index (χ1) is 34.6. The predicted octanol–water partition coefficient (Wildman–Crippen LogP) is 19.7. The smallest absolute Gasteiger partial charge is 0.0462 e. The third-order valence-corrected chi connectivity index (χ3v) is 16.4. The first-order valence-electron chi connectivity index (χ1n) is 26.4. The second-order valence-corrected chi connectivity index (χ2v) is 22.6. The van der Waals surface area contributed by atoms with E-state index in [9.17, 15) is 0 Å². The number of hydrogen-bond donors (Lipinski definition) is 2. The molecular formula is C71H82N2. The largest absolute Gasteiger partial charge is 0.388 e. The lowest BCUT2D eigenvalue weighted by molar-refractivity contribution is 0.590. The first-order valence-corrected chi connectivity index (χ1v) is 26.4. The molecule has 2 nitrogen and oxygen atoms in total. The van der Waals surface area contributed by atoms with Gasteiger partial charge in [-0.3, -0.25) is 0 Å². The van der Waals surface area contributed by atoms with E-state index in [1.54, 1.807) is 0 Å². The fourth-order valence-corrected chi connectivity index (χ4v) is 11.5. The van der Waals surface area contributed by atoms with Crippen LogP contribution < -0.4 is 10.6 Å². The van der Waals surface area contributed by atoms with Crippen molar-refractivity contribution in [2.45, 2.75) is 131 Å². The summed E-state index contributed by atoms with van der Waals surface area (Å²) in [7, 11) is 1.96. The van der Waals surface area contributed by atoms with Crippen molar-refractivity contribution in [3.63, 3.8) is 0 Å². The van der Waals surface area contributed by atoms with Crippen molar-refractivity contribution in [1.82, 2.24) is 0 Å². The molecule has 0 atom stereocenters. The van der Waals surface area contributed by atoms with Gasteiger partial charge in [0, 0.05) is 46.3 Å². The molecule has 2 heteroatoms. The van der Waals surface area contributed by atoms with Crippen molar-refractivity contribution in [2.24, 2.45) is 0 Å². The van der Waals surface area contributed by atoms with Gasteiger partial charge in [0.2, 0.25) is 0 Å². The predicted molar refractivity (Wildman–Crippen MR) is 325 cm³/mol. The molecule has 0 saturated carbocycles. The van der Waals surface area contributed by atoms with Crippen LogP contribution in [0.25, 0.3) is 28.4 Å². The average Bonchev–Trinajstić information content (AvgIpc) is 3.54. The Labute approximate surface area is 441 Å². The van der Waals surface area contributed by atoms with Crippen LogP contribution in [0.3, 0.4) is 0 Å². The summed E-state index contributed by atoms with van der Waals surface area (Å²) < 4.78 is 0. The second kappa shape index (κ2) is 21.3. The molecule has 2 N–H and O–H groups in total. The normalized spacial score (nSPS) is 20.2. The number of hydrogen-bond acceptors (Lipinski definition) is 2. The summed E-state index contributed by atoms with van der Waals surface area (Å²) >= 11 is 0. The summed E-state index contributed by atoms with van der Waals surface area (Å²) in [5.74, 6) is 0.487. The molecule has 8 bridgehead atoms. The molecule has 3 aliphatic carbocycles. The molecule has 3 aliphatic heterocycles. The Morgan fingerprint density at radius 3 is 2.01 bits per heavy atom. The van der Waals surface area contributed by atoms with Crippen LogP contribution in [0.1, 0.15) is 171 Å². The first kappa shape index (κ1) is 53.9. The van der Waals surface area contributed by atoms with Crippen molar-refractivity contribution >= 4 is 39.7 Å². The third-order valence-electron chi connectivity index (χ3n) is 16.4. The minimum Gasteiger partial charge on any atom is -0.388 e. The van der Waals surface area contributed by atoms with Crippen LogP contribution >= 0.6 is 0 Å². The molecule has 4 aromatic rings. The van der Waals surface area contributed by atoms with Gasteiger partial charge in [0.05, 0.1) is 0 Å². The Bertz CT molecular complexity index is 3210. The summed E-state index contributed by atoms with van der Waals surface area (Å²) in [6.07, 6.45) is 34.7. The molecule has 0 spiro atoms. The highest BCUT2D eigenvalue weighted by Crippen LogP contribution is 2.56. The van der Waals surface area contributed by atoms with Gasteiger partial charge in [0.25, 0.3) is 0 Å². The summed E-state index contributed by atoms with van der Waals surface area (Å²) in [4.78, 5) is 0. The van der Waals surface area contributed by atoms with Crippen LogP contribution in [-0.2, 0) is 21.7 Å².